The number of ether oxygens (including phenoxy) is 2. The molecule has 1 amide bonds. The predicted molar refractivity (Wildman–Crippen MR) is 139 cm³/mol. The molecule has 0 aromatic carbocycles. The van der Waals surface area contributed by atoms with Crippen LogP contribution in [0.4, 0.5) is 0 Å². The largest absolute Gasteiger partial charge is 0.454 e. The van der Waals surface area contributed by atoms with Crippen molar-refractivity contribution in [2.45, 2.75) is 109 Å². The highest BCUT2D eigenvalue weighted by Gasteiger charge is 2.53. The van der Waals surface area contributed by atoms with Gasteiger partial charge in [0.05, 0.1) is 18.1 Å². The SMILES string of the molecule is CCCCCCCC(CC=CCCC(=O)NCC(=CCl)C1C(=O)C(OC(C)=O)CC(O)C1(C)O)OC. The summed E-state index contributed by atoms with van der Waals surface area (Å²) < 4.78 is 10.6. The van der Waals surface area contributed by atoms with E-state index in [2.05, 4.69) is 12.2 Å². The van der Waals surface area contributed by atoms with Crippen LogP contribution in [0.15, 0.2) is 23.3 Å². The van der Waals surface area contributed by atoms with Gasteiger partial charge in [0, 0.05) is 39.0 Å². The summed E-state index contributed by atoms with van der Waals surface area (Å²) in [7, 11) is 1.72. The monoisotopic (exact) mass is 529 g/mol. The first-order chi connectivity index (χ1) is 17.1. The molecule has 1 aliphatic rings. The van der Waals surface area contributed by atoms with Gasteiger partial charge in [-0.3, -0.25) is 14.4 Å². The first-order valence-electron chi connectivity index (χ1n) is 12.9. The molecule has 0 aliphatic heterocycles. The number of hydrogen-bond donors (Lipinski definition) is 3. The molecule has 1 saturated carbocycles. The molecule has 0 aromatic rings. The summed E-state index contributed by atoms with van der Waals surface area (Å²) >= 11 is 5.94. The van der Waals surface area contributed by atoms with Crippen molar-refractivity contribution >= 4 is 29.3 Å². The molecule has 0 bridgehead atoms. The van der Waals surface area contributed by atoms with Gasteiger partial charge < -0.3 is 25.0 Å². The molecule has 3 N–H and O–H groups in total. The Hall–Kier alpha value is -1.74. The average molecular weight is 530 g/mol. The van der Waals surface area contributed by atoms with Gasteiger partial charge in [-0.05, 0) is 31.8 Å². The van der Waals surface area contributed by atoms with Crippen molar-refractivity contribution in [3.63, 3.8) is 0 Å². The third-order valence-electron chi connectivity index (χ3n) is 6.67. The maximum Gasteiger partial charge on any atom is 0.303 e. The minimum Gasteiger partial charge on any atom is -0.454 e. The van der Waals surface area contributed by atoms with Crippen LogP contribution in [0, 0.1) is 5.92 Å². The molecule has 36 heavy (non-hydrogen) atoms. The van der Waals surface area contributed by atoms with E-state index < -0.39 is 35.5 Å². The Balaban J connectivity index is 2.53. The summed E-state index contributed by atoms with van der Waals surface area (Å²) in [6, 6.07) is 0. The van der Waals surface area contributed by atoms with Crippen LogP contribution in [0.3, 0.4) is 0 Å². The van der Waals surface area contributed by atoms with E-state index in [1.807, 2.05) is 12.2 Å². The molecule has 0 aromatic heterocycles. The fraction of sp³-hybridized carbons (Fsp3) is 0.741. The maximum absolute atomic E-state index is 12.9. The van der Waals surface area contributed by atoms with Crippen molar-refractivity contribution in [2.75, 3.05) is 13.7 Å². The lowest BCUT2D eigenvalue weighted by atomic mass is 9.69. The van der Waals surface area contributed by atoms with Crippen LogP contribution >= 0.6 is 11.6 Å². The van der Waals surface area contributed by atoms with E-state index in [0.29, 0.717) is 6.42 Å². The molecule has 0 heterocycles. The highest BCUT2D eigenvalue weighted by atomic mass is 35.5. The third-order valence-corrected chi connectivity index (χ3v) is 6.95. The van der Waals surface area contributed by atoms with Crippen molar-refractivity contribution < 1.29 is 34.1 Å². The van der Waals surface area contributed by atoms with Crippen LogP contribution in [0.25, 0.3) is 0 Å². The standard InChI is InChI=1S/C27H44ClNO7/c1-5-6-7-8-10-13-21(35-4)14-11-9-12-15-24(32)29-18-20(17-28)25-26(33)22(36-19(2)30)16-23(31)27(25,3)34/h9,11,17,21-23,25,31,34H,5-8,10,12-16,18H2,1-4H3,(H,29,32). The molecule has 0 saturated heterocycles. The molecular weight excluding hydrogens is 486 g/mol. The summed E-state index contributed by atoms with van der Waals surface area (Å²) in [4.78, 5) is 36.6. The van der Waals surface area contributed by atoms with Gasteiger partial charge in [-0.15, -0.1) is 0 Å². The van der Waals surface area contributed by atoms with E-state index >= 15 is 0 Å². The van der Waals surface area contributed by atoms with Gasteiger partial charge in [-0.2, -0.15) is 0 Å². The van der Waals surface area contributed by atoms with E-state index in [4.69, 9.17) is 21.1 Å². The molecule has 206 valence electrons. The quantitative estimate of drug-likeness (QED) is 0.157. The Bertz CT molecular complexity index is 765. The fourth-order valence-electron chi connectivity index (χ4n) is 4.47. The number of methoxy groups -OCH3 is 1. The molecule has 0 spiro atoms. The number of rotatable bonds is 16. The normalized spacial score (nSPS) is 25.7. The number of amides is 1. The number of Topliss-reactive ketones (excluding diaryl/α,β-unsaturated/α-hetero) is 1. The smallest absolute Gasteiger partial charge is 0.303 e. The van der Waals surface area contributed by atoms with E-state index in [0.717, 1.165) is 24.8 Å². The molecule has 5 unspecified atom stereocenters. The molecular formula is C27H44ClNO7. The molecule has 5 atom stereocenters. The predicted octanol–water partition coefficient (Wildman–Crippen LogP) is 3.96. The molecule has 1 aliphatic carbocycles. The highest BCUT2D eigenvalue weighted by Crippen LogP contribution is 2.37. The molecule has 9 heteroatoms. The second-order valence-electron chi connectivity index (χ2n) is 9.68. The van der Waals surface area contributed by atoms with Gasteiger partial charge in [0.25, 0.3) is 0 Å². The lowest BCUT2D eigenvalue weighted by Gasteiger charge is -2.43. The Morgan fingerprint density at radius 3 is 2.56 bits per heavy atom. The Kier molecular flexibility index (Phi) is 15.2. The zero-order valence-electron chi connectivity index (χ0n) is 22.1. The second-order valence-corrected chi connectivity index (χ2v) is 9.90. The molecule has 0 radical (unpaired) electrons. The first kappa shape index (κ1) is 32.3. The minimum absolute atomic E-state index is 0.0815. The van der Waals surface area contributed by atoms with Crippen molar-refractivity contribution in [1.82, 2.24) is 5.32 Å². The number of hydrogen-bond acceptors (Lipinski definition) is 7. The van der Waals surface area contributed by atoms with Crippen molar-refractivity contribution in [3.8, 4) is 0 Å². The Morgan fingerprint density at radius 1 is 1.25 bits per heavy atom. The van der Waals surface area contributed by atoms with Crippen molar-refractivity contribution in [1.29, 1.82) is 0 Å². The van der Waals surface area contributed by atoms with Crippen LogP contribution in [0.2, 0.25) is 0 Å². The second kappa shape index (κ2) is 16.9. The fourth-order valence-corrected chi connectivity index (χ4v) is 4.67. The van der Waals surface area contributed by atoms with E-state index in [1.165, 1.54) is 39.5 Å². The van der Waals surface area contributed by atoms with Crippen LogP contribution in [-0.2, 0) is 23.9 Å². The van der Waals surface area contributed by atoms with E-state index in [-0.39, 0.29) is 37.0 Å². The summed E-state index contributed by atoms with van der Waals surface area (Å²) in [6.45, 7) is 4.61. The number of esters is 1. The minimum atomic E-state index is -1.82. The Labute approximate surface area is 220 Å². The number of carbonyl (C=O) groups is 3. The lowest BCUT2D eigenvalue weighted by Crippen LogP contribution is -2.59. The lowest BCUT2D eigenvalue weighted by molar-refractivity contribution is -0.178. The number of allylic oxidation sites excluding steroid dienone is 1. The third kappa shape index (κ3) is 10.7. The van der Waals surface area contributed by atoms with Gasteiger partial charge in [-0.1, -0.05) is 62.8 Å². The van der Waals surface area contributed by atoms with E-state index in [1.54, 1.807) is 7.11 Å². The van der Waals surface area contributed by atoms with Crippen LogP contribution < -0.4 is 5.32 Å². The molecule has 1 rings (SSSR count). The van der Waals surface area contributed by atoms with E-state index in [9.17, 15) is 24.6 Å². The van der Waals surface area contributed by atoms with Gasteiger partial charge in [0.15, 0.2) is 11.9 Å². The van der Waals surface area contributed by atoms with Crippen molar-refractivity contribution in [2.24, 2.45) is 5.92 Å². The van der Waals surface area contributed by atoms with Crippen LogP contribution in [0.5, 0.6) is 0 Å². The number of aliphatic hydroxyl groups is 2. The zero-order valence-corrected chi connectivity index (χ0v) is 22.9. The summed E-state index contributed by atoms with van der Waals surface area (Å²) in [5.74, 6) is -2.70. The van der Waals surface area contributed by atoms with Gasteiger partial charge in [-0.25, -0.2) is 0 Å². The maximum atomic E-state index is 12.9. The van der Waals surface area contributed by atoms with Crippen LogP contribution in [-0.4, -0.2) is 65.4 Å². The number of carbonyl (C=O) groups excluding carboxylic acids is 3. The zero-order chi connectivity index (χ0) is 27.1. The van der Waals surface area contributed by atoms with Crippen LogP contribution in [0.1, 0.15) is 85.0 Å². The average Bonchev–Trinajstić information content (AvgIpc) is 2.82. The topological polar surface area (TPSA) is 122 Å². The number of halogens is 1. The summed E-state index contributed by atoms with van der Waals surface area (Å²) in [6.07, 6.45) is 10.2. The number of aliphatic hydroxyl groups excluding tert-OH is 1. The summed E-state index contributed by atoms with van der Waals surface area (Å²) in [5, 5.41) is 23.9. The molecule has 8 nitrogen and oxygen atoms in total. The Morgan fingerprint density at radius 2 is 1.94 bits per heavy atom. The number of nitrogens with one attached hydrogen (secondary N) is 1. The number of ketones is 1. The van der Waals surface area contributed by atoms with Gasteiger partial charge in [0.2, 0.25) is 5.91 Å². The van der Waals surface area contributed by atoms with Crippen molar-refractivity contribution in [3.05, 3.63) is 23.3 Å². The first-order valence-corrected chi connectivity index (χ1v) is 13.4. The highest BCUT2D eigenvalue weighted by molar-refractivity contribution is 6.26. The van der Waals surface area contributed by atoms with Gasteiger partial charge >= 0.3 is 5.97 Å². The number of unbranched alkanes of at least 4 members (excludes halogenated alkanes) is 4. The summed E-state index contributed by atoms with van der Waals surface area (Å²) in [5.41, 5.74) is -0.475. The van der Waals surface area contributed by atoms with Gasteiger partial charge in [0.1, 0.15) is 5.60 Å². The molecule has 1 fully saturated rings.